The first-order valence-corrected chi connectivity index (χ1v) is 8.65. The van der Waals surface area contributed by atoms with Gasteiger partial charge in [0.05, 0.1) is 13.1 Å². The van der Waals surface area contributed by atoms with E-state index in [4.69, 9.17) is 10.5 Å². The molecule has 1 saturated carbocycles. The molecule has 0 aromatic heterocycles. The predicted octanol–water partition coefficient (Wildman–Crippen LogP) is 1.24. The van der Waals surface area contributed by atoms with E-state index in [9.17, 15) is 4.79 Å². The van der Waals surface area contributed by atoms with Crippen molar-refractivity contribution in [2.24, 2.45) is 17.6 Å². The maximum atomic E-state index is 12.1. The lowest BCUT2D eigenvalue weighted by atomic mass is 9.78. The number of hydrogen-bond donors (Lipinski definition) is 2. The number of fused-ring (bicyclic) bond motifs is 1. The molecule has 23 heavy (non-hydrogen) atoms. The maximum absolute atomic E-state index is 12.1. The Morgan fingerprint density at radius 1 is 1.26 bits per heavy atom. The van der Waals surface area contributed by atoms with Crippen molar-refractivity contribution in [3.8, 4) is 5.75 Å². The molecule has 126 valence electrons. The number of carbonyl (C=O) groups excluding carboxylic acids is 1. The lowest BCUT2D eigenvalue weighted by molar-refractivity contribution is -0.122. The van der Waals surface area contributed by atoms with Gasteiger partial charge in [-0.25, -0.2) is 0 Å². The van der Waals surface area contributed by atoms with Gasteiger partial charge in [0.2, 0.25) is 5.91 Å². The SMILES string of the molecule is NC1CCCC2CN(CC(=O)NCCOc3ccccc3)CC12. The fourth-order valence-electron chi connectivity index (χ4n) is 3.87. The van der Waals surface area contributed by atoms with Gasteiger partial charge >= 0.3 is 0 Å². The first-order chi connectivity index (χ1) is 11.2. The molecule has 0 radical (unpaired) electrons. The minimum atomic E-state index is 0.0777. The van der Waals surface area contributed by atoms with Crippen molar-refractivity contribution in [3.63, 3.8) is 0 Å². The molecule has 1 aliphatic carbocycles. The van der Waals surface area contributed by atoms with E-state index in [1.807, 2.05) is 30.3 Å². The molecule has 2 fully saturated rings. The summed E-state index contributed by atoms with van der Waals surface area (Å²) in [5, 5.41) is 2.94. The van der Waals surface area contributed by atoms with Crippen molar-refractivity contribution in [3.05, 3.63) is 30.3 Å². The van der Waals surface area contributed by atoms with Gasteiger partial charge in [0.25, 0.3) is 0 Å². The topological polar surface area (TPSA) is 67.6 Å². The minimum Gasteiger partial charge on any atom is -0.492 e. The van der Waals surface area contributed by atoms with Gasteiger partial charge in [0.15, 0.2) is 0 Å². The van der Waals surface area contributed by atoms with Crippen LogP contribution in [0.2, 0.25) is 0 Å². The summed E-state index contributed by atoms with van der Waals surface area (Å²) in [6.07, 6.45) is 3.64. The van der Waals surface area contributed by atoms with Gasteiger partial charge < -0.3 is 15.8 Å². The van der Waals surface area contributed by atoms with Gasteiger partial charge in [-0.2, -0.15) is 0 Å². The highest BCUT2D eigenvalue weighted by Gasteiger charge is 2.38. The summed E-state index contributed by atoms with van der Waals surface area (Å²) in [6, 6.07) is 9.97. The number of ether oxygens (including phenoxy) is 1. The van der Waals surface area contributed by atoms with Gasteiger partial charge in [0, 0.05) is 19.1 Å². The molecule has 0 spiro atoms. The summed E-state index contributed by atoms with van der Waals surface area (Å²) in [4.78, 5) is 14.3. The Labute approximate surface area is 138 Å². The number of nitrogens with two attached hydrogens (primary N) is 1. The molecule has 1 aromatic carbocycles. The second-order valence-electron chi connectivity index (χ2n) is 6.72. The molecule has 0 bridgehead atoms. The first-order valence-electron chi connectivity index (χ1n) is 8.65. The van der Waals surface area contributed by atoms with Crippen LogP contribution >= 0.6 is 0 Å². The molecule has 1 aromatic rings. The van der Waals surface area contributed by atoms with Crippen LogP contribution in [0.5, 0.6) is 5.75 Å². The van der Waals surface area contributed by atoms with Gasteiger partial charge in [0.1, 0.15) is 12.4 Å². The molecule has 1 amide bonds. The summed E-state index contributed by atoms with van der Waals surface area (Å²) >= 11 is 0. The third kappa shape index (κ3) is 4.45. The number of nitrogens with zero attached hydrogens (tertiary/aromatic N) is 1. The number of rotatable bonds is 6. The Bertz CT molecular complexity index is 508. The van der Waals surface area contributed by atoms with Crippen molar-refractivity contribution in [1.82, 2.24) is 10.2 Å². The molecule has 3 N–H and O–H groups in total. The van der Waals surface area contributed by atoms with E-state index in [1.165, 1.54) is 12.8 Å². The van der Waals surface area contributed by atoms with Crippen LogP contribution < -0.4 is 15.8 Å². The number of para-hydroxylation sites is 1. The molecule has 5 heteroatoms. The van der Waals surface area contributed by atoms with Gasteiger partial charge in [-0.15, -0.1) is 0 Å². The molecule has 2 aliphatic rings. The zero-order valence-corrected chi connectivity index (χ0v) is 13.6. The number of amides is 1. The lowest BCUT2D eigenvalue weighted by Crippen LogP contribution is -2.39. The summed E-state index contributed by atoms with van der Waals surface area (Å²) in [6.45, 7) is 3.50. The second kappa shape index (κ2) is 7.79. The highest BCUT2D eigenvalue weighted by atomic mass is 16.5. The van der Waals surface area contributed by atoms with Crippen LogP contribution in [0.3, 0.4) is 0 Å². The minimum absolute atomic E-state index is 0.0777. The summed E-state index contributed by atoms with van der Waals surface area (Å²) in [7, 11) is 0. The van der Waals surface area contributed by atoms with Crippen molar-refractivity contribution in [2.75, 3.05) is 32.8 Å². The predicted molar refractivity (Wildman–Crippen MR) is 90.2 cm³/mol. The van der Waals surface area contributed by atoms with E-state index < -0.39 is 0 Å². The molecule has 3 rings (SSSR count). The van der Waals surface area contributed by atoms with Crippen LogP contribution in [0.4, 0.5) is 0 Å². The Morgan fingerprint density at radius 3 is 2.87 bits per heavy atom. The van der Waals surface area contributed by atoms with Gasteiger partial charge in [-0.3, -0.25) is 9.69 Å². The number of carbonyl (C=O) groups is 1. The molecule has 3 unspecified atom stereocenters. The van der Waals surface area contributed by atoms with Crippen LogP contribution in [0, 0.1) is 11.8 Å². The van der Waals surface area contributed by atoms with Crippen molar-refractivity contribution >= 4 is 5.91 Å². The van der Waals surface area contributed by atoms with E-state index in [0.29, 0.717) is 37.6 Å². The first kappa shape index (κ1) is 16.3. The Morgan fingerprint density at radius 2 is 2.09 bits per heavy atom. The van der Waals surface area contributed by atoms with Crippen molar-refractivity contribution in [1.29, 1.82) is 0 Å². The number of nitrogens with one attached hydrogen (secondary N) is 1. The van der Waals surface area contributed by atoms with E-state index >= 15 is 0 Å². The Balaban J connectivity index is 1.34. The third-order valence-corrected chi connectivity index (χ3v) is 5.03. The monoisotopic (exact) mass is 317 g/mol. The zero-order chi connectivity index (χ0) is 16.1. The van der Waals surface area contributed by atoms with E-state index in [1.54, 1.807) is 0 Å². The van der Waals surface area contributed by atoms with Crippen LogP contribution in [-0.4, -0.2) is 49.6 Å². The number of benzene rings is 1. The lowest BCUT2D eigenvalue weighted by Gasteiger charge is -2.29. The normalized spacial score (nSPS) is 27.4. The molecular formula is C18H27N3O2. The molecule has 5 nitrogen and oxygen atoms in total. The van der Waals surface area contributed by atoms with E-state index in [2.05, 4.69) is 10.2 Å². The number of hydrogen-bond acceptors (Lipinski definition) is 4. The van der Waals surface area contributed by atoms with Crippen LogP contribution in [0.15, 0.2) is 30.3 Å². The molecule has 1 aliphatic heterocycles. The standard InChI is InChI=1S/C18H27N3O2/c19-17-8-4-5-14-11-21(12-16(14)17)13-18(22)20-9-10-23-15-6-2-1-3-7-15/h1-3,6-7,14,16-17H,4-5,8-13,19H2,(H,20,22). The van der Waals surface area contributed by atoms with Crippen molar-refractivity contribution in [2.45, 2.75) is 25.3 Å². The molecule has 1 heterocycles. The fraction of sp³-hybridized carbons (Fsp3) is 0.611. The van der Waals surface area contributed by atoms with E-state index in [0.717, 1.165) is 25.3 Å². The highest BCUT2D eigenvalue weighted by Crippen LogP contribution is 2.35. The molecule has 1 saturated heterocycles. The second-order valence-corrected chi connectivity index (χ2v) is 6.72. The highest BCUT2D eigenvalue weighted by molar-refractivity contribution is 5.78. The summed E-state index contributed by atoms with van der Waals surface area (Å²) < 4.78 is 5.57. The fourth-order valence-corrected chi connectivity index (χ4v) is 3.87. The number of likely N-dealkylation sites (tertiary alicyclic amines) is 1. The molecular weight excluding hydrogens is 290 g/mol. The van der Waals surface area contributed by atoms with Crippen LogP contribution in [-0.2, 0) is 4.79 Å². The Kier molecular flexibility index (Phi) is 5.51. The average Bonchev–Trinajstić information content (AvgIpc) is 2.96. The summed E-state index contributed by atoms with van der Waals surface area (Å²) in [5.41, 5.74) is 6.22. The van der Waals surface area contributed by atoms with Crippen LogP contribution in [0.1, 0.15) is 19.3 Å². The van der Waals surface area contributed by atoms with Gasteiger partial charge in [-0.05, 0) is 36.8 Å². The Hall–Kier alpha value is -1.59. The third-order valence-electron chi connectivity index (χ3n) is 5.03. The maximum Gasteiger partial charge on any atom is 0.234 e. The zero-order valence-electron chi connectivity index (χ0n) is 13.6. The smallest absolute Gasteiger partial charge is 0.234 e. The van der Waals surface area contributed by atoms with Gasteiger partial charge in [-0.1, -0.05) is 24.6 Å². The largest absolute Gasteiger partial charge is 0.492 e. The van der Waals surface area contributed by atoms with Crippen molar-refractivity contribution < 1.29 is 9.53 Å². The summed E-state index contributed by atoms with van der Waals surface area (Å²) in [5.74, 6) is 2.18. The van der Waals surface area contributed by atoms with Crippen LogP contribution in [0.25, 0.3) is 0 Å². The van der Waals surface area contributed by atoms with E-state index in [-0.39, 0.29) is 5.91 Å². The molecule has 3 atom stereocenters. The quantitative estimate of drug-likeness (QED) is 0.775. The average molecular weight is 317 g/mol.